The van der Waals surface area contributed by atoms with Crippen LogP contribution in [0.3, 0.4) is 0 Å². The quantitative estimate of drug-likeness (QED) is 0.899. The number of nitrogens with zero attached hydrogens (tertiary/aromatic N) is 1. The van der Waals surface area contributed by atoms with Crippen LogP contribution in [0.25, 0.3) is 0 Å². The van der Waals surface area contributed by atoms with E-state index in [-0.39, 0.29) is 17.7 Å². The van der Waals surface area contributed by atoms with Gasteiger partial charge in [-0.2, -0.15) is 11.8 Å². The van der Waals surface area contributed by atoms with Crippen molar-refractivity contribution in [2.45, 2.75) is 18.8 Å². The minimum absolute atomic E-state index is 0.0199. The van der Waals surface area contributed by atoms with Crippen molar-refractivity contribution in [1.82, 2.24) is 5.32 Å². The second kappa shape index (κ2) is 7.13. The first-order valence-corrected chi connectivity index (χ1v) is 8.16. The fraction of sp³-hybridized carbons (Fsp3) is 0.500. The first-order valence-electron chi connectivity index (χ1n) is 6.76. The molecule has 1 aromatic rings. The van der Waals surface area contributed by atoms with Gasteiger partial charge in [-0.25, -0.2) is 0 Å². The maximum Gasteiger partial charge on any atom is 0.573 e. The van der Waals surface area contributed by atoms with E-state index in [2.05, 4.69) is 10.1 Å². The van der Waals surface area contributed by atoms with Crippen LogP contribution in [0.15, 0.2) is 24.3 Å². The van der Waals surface area contributed by atoms with Gasteiger partial charge in [0.05, 0.1) is 5.75 Å². The van der Waals surface area contributed by atoms with Crippen molar-refractivity contribution in [2.75, 3.05) is 30.0 Å². The Bertz CT molecular complexity index is 525. The summed E-state index contributed by atoms with van der Waals surface area (Å²) in [6.45, 7) is 1.26. The van der Waals surface area contributed by atoms with E-state index in [1.165, 1.54) is 30.0 Å². The summed E-state index contributed by atoms with van der Waals surface area (Å²) in [4.78, 5) is 13.5. The lowest BCUT2D eigenvalue weighted by atomic mass is 10.2. The maximum absolute atomic E-state index is 12.2. The minimum atomic E-state index is -4.70. The van der Waals surface area contributed by atoms with E-state index in [9.17, 15) is 18.0 Å². The normalized spacial score (nSPS) is 18.4. The van der Waals surface area contributed by atoms with Gasteiger partial charge in [0.15, 0.2) is 0 Å². The molecule has 1 heterocycles. The fourth-order valence-corrected chi connectivity index (χ4v) is 2.74. The van der Waals surface area contributed by atoms with E-state index in [4.69, 9.17) is 0 Å². The smallest absolute Gasteiger partial charge is 0.406 e. The Labute approximate surface area is 131 Å². The number of hydrogen-bond acceptors (Lipinski definition) is 4. The number of anilines is 1. The molecule has 1 amide bonds. The molecule has 1 aliphatic rings. The van der Waals surface area contributed by atoms with Gasteiger partial charge in [0, 0.05) is 30.9 Å². The Balaban J connectivity index is 1.96. The molecule has 0 aliphatic carbocycles. The standard InChI is InChI=1S/C14H17F3N2O2S/c1-22-9-13(20)18-10-5-6-19(8-10)11-3-2-4-12(7-11)21-14(15,16)17/h2-4,7,10H,5-6,8-9H2,1H3,(H,18,20)/t10-/m0/s1. The Hall–Kier alpha value is -1.57. The molecule has 0 aromatic heterocycles. The lowest BCUT2D eigenvalue weighted by Gasteiger charge is -2.20. The molecule has 122 valence electrons. The molecule has 1 N–H and O–H groups in total. The van der Waals surface area contributed by atoms with Crippen molar-refractivity contribution < 1.29 is 22.7 Å². The highest BCUT2D eigenvalue weighted by Crippen LogP contribution is 2.28. The Morgan fingerprint density at radius 3 is 2.95 bits per heavy atom. The van der Waals surface area contributed by atoms with Crippen LogP contribution in [-0.4, -0.2) is 43.4 Å². The molecule has 22 heavy (non-hydrogen) atoms. The summed E-state index contributed by atoms with van der Waals surface area (Å²) >= 11 is 1.45. The molecule has 0 unspecified atom stereocenters. The molecule has 2 rings (SSSR count). The highest BCUT2D eigenvalue weighted by Gasteiger charge is 2.31. The third-order valence-electron chi connectivity index (χ3n) is 3.25. The summed E-state index contributed by atoms with van der Waals surface area (Å²) in [6, 6.07) is 5.90. The molecule has 4 nitrogen and oxygen atoms in total. The van der Waals surface area contributed by atoms with Crippen LogP contribution >= 0.6 is 11.8 Å². The van der Waals surface area contributed by atoms with Gasteiger partial charge in [-0.3, -0.25) is 4.79 Å². The Morgan fingerprint density at radius 2 is 2.27 bits per heavy atom. The summed E-state index contributed by atoms with van der Waals surface area (Å²) < 4.78 is 40.7. The van der Waals surface area contributed by atoms with Crippen molar-refractivity contribution in [2.24, 2.45) is 0 Å². The SMILES string of the molecule is CSCC(=O)N[C@H]1CCN(c2cccc(OC(F)(F)F)c2)C1. The van der Waals surface area contributed by atoms with Crippen LogP contribution in [0.1, 0.15) is 6.42 Å². The zero-order chi connectivity index (χ0) is 16.2. The van der Waals surface area contributed by atoms with Crippen molar-refractivity contribution in [1.29, 1.82) is 0 Å². The second-order valence-electron chi connectivity index (χ2n) is 4.98. The molecule has 1 fully saturated rings. The number of halogens is 3. The average Bonchev–Trinajstić information content (AvgIpc) is 2.85. The van der Waals surface area contributed by atoms with Crippen LogP contribution in [0.2, 0.25) is 0 Å². The predicted molar refractivity (Wildman–Crippen MR) is 80.3 cm³/mol. The number of nitrogens with one attached hydrogen (secondary N) is 1. The zero-order valence-electron chi connectivity index (χ0n) is 12.0. The molecule has 1 aromatic carbocycles. The lowest BCUT2D eigenvalue weighted by molar-refractivity contribution is -0.274. The van der Waals surface area contributed by atoms with E-state index >= 15 is 0 Å². The molecular formula is C14H17F3N2O2S. The highest BCUT2D eigenvalue weighted by molar-refractivity contribution is 7.99. The van der Waals surface area contributed by atoms with E-state index in [1.54, 1.807) is 6.07 Å². The molecule has 8 heteroatoms. The molecule has 0 spiro atoms. The van der Waals surface area contributed by atoms with Crippen molar-refractivity contribution in [3.8, 4) is 5.75 Å². The van der Waals surface area contributed by atoms with Gasteiger partial charge in [-0.05, 0) is 24.8 Å². The van der Waals surface area contributed by atoms with Crippen LogP contribution < -0.4 is 15.0 Å². The Kier molecular flexibility index (Phi) is 5.44. The summed E-state index contributed by atoms with van der Waals surface area (Å²) in [5.74, 6) is 0.152. The number of amides is 1. The van der Waals surface area contributed by atoms with E-state index in [0.29, 0.717) is 24.5 Å². The van der Waals surface area contributed by atoms with Gasteiger partial charge in [0.2, 0.25) is 5.91 Å². The second-order valence-corrected chi connectivity index (χ2v) is 5.84. The Morgan fingerprint density at radius 1 is 1.50 bits per heavy atom. The average molecular weight is 334 g/mol. The largest absolute Gasteiger partial charge is 0.573 e. The summed E-state index contributed by atoms with van der Waals surface area (Å²) in [5, 5.41) is 2.92. The molecule has 0 bridgehead atoms. The van der Waals surface area contributed by atoms with E-state index < -0.39 is 6.36 Å². The number of alkyl halides is 3. The number of rotatable bonds is 5. The van der Waals surface area contributed by atoms with Crippen molar-refractivity contribution >= 4 is 23.4 Å². The van der Waals surface area contributed by atoms with E-state index in [0.717, 1.165) is 6.42 Å². The number of carbonyl (C=O) groups is 1. The summed E-state index contributed by atoms with van der Waals surface area (Å²) in [7, 11) is 0. The predicted octanol–water partition coefficient (Wildman–Crippen LogP) is 2.64. The molecule has 1 aliphatic heterocycles. The van der Waals surface area contributed by atoms with Gasteiger partial charge < -0.3 is 15.0 Å². The van der Waals surface area contributed by atoms with Gasteiger partial charge >= 0.3 is 6.36 Å². The van der Waals surface area contributed by atoms with Crippen molar-refractivity contribution in [3.63, 3.8) is 0 Å². The minimum Gasteiger partial charge on any atom is -0.406 e. The summed E-state index contributed by atoms with van der Waals surface area (Å²) in [6.07, 6.45) is -2.07. The molecule has 1 atom stereocenters. The van der Waals surface area contributed by atoms with Gasteiger partial charge in [-0.15, -0.1) is 13.2 Å². The molecule has 1 saturated heterocycles. The van der Waals surface area contributed by atoms with E-state index in [1.807, 2.05) is 11.2 Å². The van der Waals surface area contributed by atoms with Crippen LogP contribution in [-0.2, 0) is 4.79 Å². The summed E-state index contributed by atoms with van der Waals surface area (Å²) in [5.41, 5.74) is 0.656. The third kappa shape index (κ3) is 5.01. The number of carbonyl (C=O) groups excluding carboxylic acids is 1. The molecular weight excluding hydrogens is 317 g/mol. The zero-order valence-corrected chi connectivity index (χ0v) is 12.8. The van der Waals surface area contributed by atoms with Crippen molar-refractivity contribution in [3.05, 3.63) is 24.3 Å². The third-order valence-corrected chi connectivity index (χ3v) is 3.80. The maximum atomic E-state index is 12.2. The van der Waals surface area contributed by atoms with Crippen LogP contribution in [0.4, 0.5) is 18.9 Å². The number of benzene rings is 1. The number of ether oxygens (including phenoxy) is 1. The monoisotopic (exact) mass is 334 g/mol. The van der Waals surface area contributed by atoms with Crippen LogP contribution in [0, 0.1) is 0 Å². The highest BCUT2D eigenvalue weighted by atomic mass is 32.2. The van der Waals surface area contributed by atoms with Gasteiger partial charge in [0.1, 0.15) is 5.75 Å². The first kappa shape index (κ1) is 16.8. The lowest BCUT2D eigenvalue weighted by Crippen LogP contribution is -2.38. The number of hydrogen-bond donors (Lipinski definition) is 1. The molecule has 0 radical (unpaired) electrons. The van der Waals surface area contributed by atoms with Gasteiger partial charge in [0.25, 0.3) is 0 Å². The first-order chi connectivity index (χ1) is 10.4. The van der Waals surface area contributed by atoms with Crippen LogP contribution in [0.5, 0.6) is 5.75 Å². The fourth-order valence-electron chi connectivity index (χ4n) is 2.39. The van der Waals surface area contributed by atoms with Gasteiger partial charge in [-0.1, -0.05) is 6.07 Å². The number of thioether (sulfide) groups is 1. The topological polar surface area (TPSA) is 41.6 Å². The molecule has 0 saturated carbocycles.